The highest BCUT2D eigenvalue weighted by Crippen LogP contribution is 2.17. The van der Waals surface area contributed by atoms with E-state index in [-0.39, 0.29) is 6.54 Å². The van der Waals surface area contributed by atoms with E-state index in [4.69, 9.17) is 4.42 Å². The Hall–Kier alpha value is -2.41. The van der Waals surface area contributed by atoms with Crippen LogP contribution < -0.4 is 10.6 Å². The van der Waals surface area contributed by atoms with Crippen LogP contribution in [-0.4, -0.2) is 17.7 Å². The maximum absolute atomic E-state index is 13.3. The Kier molecular flexibility index (Phi) is 4.31. The molecule has 0 aliphatic heterocycles. The van der Waals surface area contributed by atoms with Gasteiger partial charge in [0.25, 0.3) is 0 Å². The van der Waals surface area contributed by atoms with Gasteiger partial charge in [-0.25, -0.2) is 13.6 Å². The van der Waals surface area contributed by atoms with Crippen LogP contribution in [0.25, 0.3) is 0 Å². The lowest BCUT2D eigenvalue weighted by molar-refractivity contribution is 0.174. The van der Waals surface area contributed by atoms with Crippen molar-refractivity contribution in [1.82, 2.24) is 5.32 Å². The van der Waals surface area contributed by atoms with Gasteiger partial charge in [0, 0.05) is 12.1 Å². The van der Waals surface area contributed by atoms with E-state index in [0.717, 1.165) is 12.1 Å². The number of halogens is 2. The third-order valence-corrected chi connectivity index (χ3v) is 2.59. The van der Waals surface area contributed by atoms with Crippen LogP contribution in [0.4, 0.5) is 19.3 Å². The average molecular weight is 282 g/mol. The van der Waals surface area contributed by atoms with Crippen LogP contribution in [0, 0.1) is 11.6 Å². The van der Waals surface area contributed by atoms with Crippen LogP contribution in [0.15, 0.2) is 41.2 Å². The number of nitrogens with one attached hydrogen (secondary N) is 2. The lowest BCUT2D eigenvalue weighted by Crippen LogP contribution is -2.32. The molecular formula is C13H12F2N2O3. The Morgan fingerprint density at radius 2 is 2.00 bits per heavy atom. The largest absolute Gasteiger partial charge is 0.472 e. The highest BCUT2D eigenvalue weighted by atomic mass is 19.1. The minimum atomic E-state index is -0.968. The lowest BCUT2D eigenvalue weighted by atomic mass is 10.2. The van der Waals surface area contributed by atoms with Crippen molar-refractivity contribution in [3.63, 3.8) is 0 Å². The molecule has 0 radical (unpaired) electrons. The van der Waals surface area contributed by atoms with Crippen molar-refractivity contribution in [1.29, 1.82) is 0 Å². The van der Waals surface area contributed by atoms with E-state index in [2.05, 4.69) is 5.32 Å². The van der Waals surface area contributed by atoms with Crippen molar-refractivity contribution in [3.05, 3.63) is 54.0 Å². The predicted molar refractivity (Wildman–Crippen MR) is 67.0 cm³/mol. The zero-order valence-electron chi connectivity index (χ0n) is 10.3. The van der Waals surface area contributed by atoms with Crippen LogP contribution in [0.3, 0.4) is 0 Å². The SMILES string of the molecule is O=C(NC[C@@H](O)c1ccoc1)Nc1c(F)cccc1F. The van der Waals surface area contributed by atoms with E-state index in [1.807, 2.05) is 5.32 Å². The highest BCUT2D eigenvalue weighted by molar-refractivity contribution is 5.89. The van der Waals surface area contributed by atoms with Gasteiger partial charge in [0.1, 0.15) is 17.3 Å². The molecule has 20 heavy (non-hydrogen) atoms. The number of hydrogen-bond acceptors (Lipinski definition) is 3. The van der Waals surface area contributed by atoms with Gasteiger partial charge in [-0.1, -0.05) is 6.07 Å². The number of para-hydroxylation sites is 1. The standard InChI is InChI=1S/C13H12F2N2O3/c14-9-2-1-3-10(15)12(9)17-13(19)16-6-11(18)8-4-5-20-7-8/h1-5,7,11,18H,6H2,(H2,16,17,19)/t11-/m1/s1. The summed E-state index contributed by atoms with van der Waals surface area (Å²) in [5.41, 5.74) is -0.0508. The molecule has 3 N–H and O–H groups in total. The number of urea groups is 1. The fourth-order valence-corrected chi connectivity index (χ4v) is 1.55. The quantitative estimate of drug-likeness (QED) is 0.806. The molecule has 0 fully saturated rings. The van der Waals surface area contributed by atoms with Gasteiger partial charge in [0.05, 0.1) is 18.6 Å². The van der Waals surface area contributed by atoms with Gasteiger partial charge in [-0.3, -0.25) is 0 Å². The van der Waals surface area contributed by atoms with Crippen LogP contribution in [0.2, 0.25) is 0 Å². The molecule has 2 amide bonds. The first-order chi connectivity index (χ1) is 9.58. The normalized spacial score (nSPS) is 11.9. The summed E-state index contributed by atoms with van der Waals surface area (Å²) in [5, 5.41) is 14.0. The van der Waals surface area contributed by atoms with E-state index >= 15 is 0 Å². The van der Waals surface area contributed by atoms with Crippen LogP contribution >= 0.6 is 0 Å². The molecular weight excluding hydrogens is 270 g/mol. The van der Waals surface area contributed by atoms with Crippen LogP contribution in [0.1, 0.15) is 11.7 Å². The molecule has 0 aliphatic rings. The molecule has 7 heteroatoms. The average Bonchev–Trinajstić information content (AvgIpc) is 2.94. The van der Waals surface area contributed by atoms with E-state index < -0.39 is 29.5 Å². The molecule has 1 aromatic heterocycles. The first-order valence-electron chi connectivity index (χ1n) is 5.77. The number of furan rings is 1. The topological polar surface area (TPSA) is 74.5 Å². The molecule has 0 saturated carbocycles. The molecule has 106 valence electrons. The third-order valence-electron chi connectivity index (χ3n) is 2.59. The van der Waals surface area contributed by atoms with Crippen molar-refractivity contribution in [2.45, 2.75) is 6.10 Å². The summed E-state index contributed by atoms with van der Waals surface area (Å²) in [7, 11) is 0. The summed E-state index contributed by atoms with van der Waals surface area (Å²) >= 11 is 0. The third kappa shape index (κ3) is 3.33. The van der Waals surface area contributed by atoms with Gasteiger partial charge in [-0.05, 0) is 18.2 Å². The smallest absolute Gasteiger partial charge is 0.319 e. The molecule has 1 atom stereocenters. The molecule has 0 aliphatic carbocycles. The second-order valence-corrected chi connectivity index (χ2v) is 4.00. The minimum Gasteiger partial charge on any atom is -0.472 e. The Bertz CT molecular complexity index is 567. The summed E-state index contributed by atoms with van der Waals surface area (Å²) in [6.45, 7) is -0.124. The lowest BCUT2D eigenvalue weighted by Gasteiger charge is -2.12. The number of amides is 2. The van der Waals surface area contributed by atoms with E-state index in [1.165, 1.54) is 18.6 Å². The first kappa shape index (κ1) is 14.0. The zero-order valence-corrected chi connectivity index (χ0v) is 10.3. The molecule has 2 rings (SSSR count). The van der Waals surface area contributed by atoms with Gasteiger partial charge >= 0.3 is 6.03 Å². The first-order valence-corrected chi connectivity index (χ1v) is 5.77. The van der Waals surface area contributed by atoms with E-state index in [1.54, 1.807) is 6.07 Å². The molecule has 0 saturated heterocycles. The number of anilines is 1. The Labute approximate surface area is 113 Å². The molecule has 5 nitrogen and oxygen atoms in total. The molecule has 1 aromatic carbocycles. The van der Waals surface area contributed by atoms with Crippen molar-refractivity contribution in [2.75, 3.05) is 11.9 Å². The van der Waals surface area contributed by atoms with Gasteiger partial charge in [-0.15, -0.1) is 0 Å². The number of benzene rings is 1. The van der Waals surface area contributed by atoms with Crippen molar-refractivity contribution in [3.8, 4) is 0 Å². The fourth-order valence-electron chi connectivity index (χ4n) is 1.55. The summed E-state index contributed by atoms with van der Waals surface area (Å²) in [6, 6.07) is 3.96. The van der Waals surface area contributed by atoms with Crippen LogP contribution in [-0.2, 0) is 0 Å². The fraction of sp³-hybridized carbons (Fsp3) is 0.154. The van der Waals surface area contributed by atoms with Gasteiger partial charge in [0.15, 0.2) is 0 Å². The Morgan fingerprint density at radius 1 is 1.30 bits per heavy atom. The second-order valence-electron chi connectivity index (χ2n) is 4.00. The van der Waals surface area contributed by atoms with Crippen molar-refractivity contribution < 1.29 is 23.1 Å². The predicted octanol–water partition coefficient (Wildman–Crippen LogP) is 2.41. The maximum atomic E-state index is 13.3. The monoisotopic (exact) mass is 282 g/mol. The molecule has 2 aromatic rings. The number of carbonyl (C=O) groups is 1. The Morgan fingerprint density at radius 3 is 2.60 bits per heavy atom. The molecule has 0 spiro atoms. The number of hydrogen-bond donors (Lipinski definition) is 3. The number of rotatable bonds is 4. The van der Waals surface area contributed by atoms with Crippen molar-refractivity contribution >= 4 is 11.7 Å². The van der Waals surface area contributed by atoms with Crippen molar-refractivity contribution in [2.24, 2.45) is 0 Å². The zero-order chi connectivity index (χ0) is 14.5. The molecule has 0 unspecified atom stereocenters. The highest BCUT2D eigenvalue weighted by Gasteiger charge is 2.14. The summed E-state index contributed by atoms with van der Waals surface area (Å²) < 4.78 is 31.4. The number of aliphatic hydroxyl groups excluding tert-OH is 1. The number of aliphatic hydroxyl groups is 1. The minimum absolute atomic E-state index is 0.124. The van der Waals surface area contributed by atoms with E-state index in [9.17, 15) is 18.7 Å². The summed E-state index contributed by atoms with van der Waals surface area (Å²) in [5.74, 6) is -1.76. The van der Waals surface area contributed by atoms with Crippen LogP contribution in [0.5, 0.6) is 0 Å². The van der Waals surface area contributed by atoms with Gasteiger partial charge in [-0.2, -0.15) is 0 Å². The number of carbonyl (C=O) groups excluding carboxylic acids is 1. The second kappa shape index (κ2) is 6.16. The summed E-state index contributed by atoms with van der Waals surface area (Å²) in [4.78, 5) is 11.5. The maximum Gasteiger partial charge on any atom is 0.319 e. The molecule has 0 bridgehead atoms. The van der Waals surface area contributed by atoms with Gasteiger partial charge in [0.2, 0.25) is 0 Å². The summed E-state index contributed by atoms with van der Waals surface area (Å²) in [6.07, 6.45) is 1.75. The molecule has 1 heterocycles. The van der Waals surface area contributed by atoms with E-state index in [0.29, 0.717) is 5.56 Å². The Balaban J connectivity index is 1.90. The van der Waals surface area contributed by atoms with Gasteiger partial charge < -0.3 is 20.2 Å².